The van der Waals surface area contributed by atoms with E-state index in [4.69, 9.17) is 20.4 Å². The fourth-order valence-corrected chi connectivity index (χ4v) is 2.01. The summed E-state index contributed by atoms with van der Waals surface area (Å²) < 4.78 is 10.9. The van der Waals surface area contributed by atoms with Crippen molar-refractivity contribution in [1.29, 1.82) is 0 Å². The smallest absolute Gasteiger partial charge is 0.222 e. The Morgan fingerprint density at radius 3 is 2.15 bits per heavy atom. The molecule has 0 radical (unpaired) electrons. The molecule has 0 aliphatic carbocycles. The van der Waals surface area contributed by atoms with E-state index in [2.05, 4.69) is 15.3 Å². The van der Waals surface area contributed by atoms with Crippen molar-refractivity contribution >= 4 is 17.5 Å². The van der Waals surface area contributed by atoms with Crippen molar-refractivity contribution in [3.63, 3.8) is 0 Å². The van der Waals surface area contributed by atoms with Gasteiger partial charge in [-0.2, -0.15) is 0 Å². The molecule has 1 N–H and O–H groups in total. The molecule has 0 bridgehead atoms. The van der Waals surface area contributed by atoms with Crippen molar-refractivity contribution in [1.82, 2.24) is 9.97 Å². The second-order valence-electron chi connectivity index (χ2n) is 4.19. The lowest BCUT2D eigenvalue weighted by Crippen LogP contribution is -2.14. The van der Waals surface area contributed by atoms with Crippen molar-refractivity contribution in [2.45, 2.75) is 5.92 Å². The molecule has 0 saturated heterocycles. The highest BCUT2D eigenvalue weighted by atomic mass is 35.5. The van der Waals surface area contributed by atoms with E-state index in [0.29, 0.717) is 17.5 Å². The minimum Gasteiger partial charge on any atom is -0.469 e. The van der Waals surface area contributed by atoms with E-state index in [1.165, 1.54) is 0 Å². The Hall–Kier alpha value is -2.27. The summed E-state index contributed by atoms with van der Waals surface area (Å²) in [6.45, 7) is 0.558. The number of nitrogens with zero attached hydrogens (tertiary/aromatic N) is 2. The summed E-state index contributed by atoms with van der Waals surface area (Å²) in [7, 11) is 0. The summed E-state index contributed by atoms with van der Waals surface area (Å²) in [4.78, 5) is 8.19. The van der Waals surface area contributed by atoms with Gasteiger partial charge >= 0.3 is 0 Å². The van der Waals surface area contributed by atoms with Crippen LogP contribution in [0.5, 0.6) is 0 Å². The highest BCUT2D eigenvalue weighted by Gasteiger charge is 2.19. The Kier molecular flexibility index (Phi) is 3.69. The van der Waals surface area contributed by atoms with E-state index < -0.39 is 0 Å². The molecule has 0 unspecified atom stereocenters. The van der Waals surface area contributed by atoms with Crippen LogP contribution in [0.3, 0.4) is 0 Å². The van der Waals surface area contributed by atoms with Crippen molar-refractivity contribution in [2.24, 2.45) is 0 Å². The van der Waals surface area contributed by atoms with Crippen LogP contribution in [0.1, 0.15) is 17.4 Å². The summed E-state index contributed by atoms with van der Waals surface area (Å²) >= 11 is 5.75. The predicted molar refractivity (Wildman–Crippen MR) is 74.8 cm³/mol. The molecule has 3 aromatic rings. The third kappa shape index (κ3) is 2.83. The molecule has 3 aromatic heterocycles. The molecule has 5 nitrogen and oxygen atoms in total. The Bertz CT molecular complexity index is 601. The van der Waals surface area contributed by atoms with Crippen LogP contribution in [0.4, 0.5) is 5.95 Å². The van der Waals surface area contributed by atoms with Crippen LogP contribution in [-0.2, 0) is 0 Å². The molecule has 3 heterocycles. The first kappa shape index (κ1) is 12.7. The molecular formula is C14H12ClN3O2. The van der Waals surface area contributed by atoms with Gasteiger partial charge in [0.15, 0.2) is 0 Å². The third-order valence-corrected chi connectivity index (χ3v) is 3.05. The number of anilines is 1. The lowest BCUT2D eigenvalue weighted by Gasteiger charge is -2.13. The van der Waals surface area contributed by atoms with Gasteiger partial charge in [-0.05, 0) is 24.3 Å². The van der Waals surface area contributed by atoms with E-state index in [1.807, 2.05) is 24.3 Å². The van der Waals surface area contributed by atoms with Crippen LogP contribution in [0, 0.1) is 0 Å². The van der Waals surface area contributed by atoms with Crippen LogP contribution in [0.25, 0.3) is 0 Å². The Labute approximate surface area is 120 Å². The highest BCUT2D eigenvalue weighted by Crippen LogP contribution is 2.25. The number of nitrogens with one attached hydrogen (secondary N) is 1. The Morgan fingerprint density at radius 1 is 1.05 bits per heavy atom. The quantitative estimate of drug-likeness (QED) is 0.778. The molecule has 0 saturated carbocycles. The molecule has 0 aliphatic rings. The van der Waals surface area contributed by atoms with E-state index >= 15 is 0 Å². The maximum absolute atomic E-state index is 5.75. The van der Waals surface area contributed by atoms with Gasteiger partial charge in [0, 0.05) is 6.54 Å². The number of halogens is 1. The second-order valence-corrected chi connectivity index (χ2v) is 4.63. The largest absolute Gasteiger partial charge is 0.469 e. The molecule has 0 atom stereocenters. The first-order valence-electron chi connectivity index (χ1n) is 6.11. The zero-order chi connectivity index (χ0) is 13.8. The monoisotopic (exact) mass is 289 g/mol. The van der Waals surface area contributed by atoms with Crippen LogP contribution < -0.4 is 5.32 Å². The summed E-state index contributed by atoms with van der Waals surface area (Å²) in [5, 5.41) is 3.65. The lowest BCUT2D eigenvalue weighted by molar-refractivity contribution is 0.433. The van der Waals surface area contributed by atoms with Gasteiger partial charge < -0.3 is 14.2 Å². The topological polar surface area (TPSA) is 64.1 Å². The lowest BCUT2D eigenvalue weighted by atomic mass is 10.0. The van der Waals surface area contributed by atoms with Gasteiger partial charge in [0.05, 0.1) is 35.9 Å². The Morgan fingerprint density at radius 2 is 1.65 bits per heavy atom. The average Bonchev–Trinajstić information content (AvgIpc) is 3.14. The van der Waals surface area contributed by atoms with Gasteiger partial charge in [-0.3, -0.25) is 0 Å². The molecule has 0 aliphatic heterocycles. The maximum Gasteiger partial charge on any atom is 0.222 e. The van der Waals surface area contributed by atoms with Crippen LogP contribution in [-0.4, -0.2) is 16.5 Å². The van der Waals surface area contributed by atoms with Gasteiger partial charge in [-0.15, -0.1) is 0 Å². The van der Waals surface area contributed by atoms with Crippen LogP contribution in [0.2, 0.25) is 5.02 Å². The second kappa shape index (κ2) is 5.79. The summed E-state index contributed by atoms with van der Waals surface area (Å²) in [5.41, 5.74) is 0. The van der Waals surface area contributed by atoms with Gasteiger partial charge in [0.25, 0.3) is 0 Å². The first-order chi connectivity index (χ1) is 9.83. The molecule has 0 amide bonds. The zero-order valence-electron chi connectivity index (χ0n) is 10.5. The van der Waals surface area contributed by atoms with E-state index in [1.54, 1.807) is 24.9 Å². The number of furan rings is 2. The first-order valence-corrected chi connectivity index (χ1v) is 6.49. The Balaban J connectivity index is 1.76. The minimum absolute atomic E-state index is 0.0423. The SMILES string of the molecule is Clc1cnc(NCC(c2ccco2)c2ccco2)nc1. The van der Waals surface area contributed by atoms with E-state index in [9.17, 15) is 0 Å². The standard InChI is InChI=1S/C14H12ClN3O2/c15-10-7-16-14(17-8-10)18-9-11(12-3-1-5-19-12)13-4-2-6-20-13/h1-8,11H,9H2,(H,16,17,18). The predicted octanol–water partition coefficient (Wildman–Crippen LogP) is 3.56. The molecule has 0 fully saturated rings. The third-order valence-electron chi connectivity index (χ3n) is 2.86. The molecule has 0 aromatic carbocycles. The number of rotatable bonds is 5. The van der Waals surface area contributed by atoms with Crippen LogP contribution >= 0.6 is 11.6 Å². The zero-order valence-corrected chi connectivity index (χ0v) is 11.2. The summed E-state index contributed by atoms with van der Waals surface area (Å²) in [6.07, 6.45) is 6.38. The van der Waals surface area contributed by atoms with Crippen molar-refractivity contribution in [3.8, 4) is 0 Å². The molecule has 3 rings (SSSR count). The molecule has 20 heavy (non-hydrogen) atoms. The molecule has 6 heteroatoms. The molecule has 0 spiro atoms. The number of hydrogen-bond acceptors (Lipinski definition) is 5. The number of aromatic nitrogens is 2. The minimum atomic E-state index is -0.0423. The van der Waals surface area contributed by atoms with Crippen molar-refractivity contribution in [2.75, 3.05) is 11.9 Å². The van der Waals surface area contributed by atoms with Gasteiger partial charge in [0.2, 0.25) is 5.95 Å². The van der Waals surface area contributed by atoms with Crippen molar-refractivity contribution < 1.29 is 8.83 Å². The van der Waals surface area contributed by atoms with Crippen LogP contribution in [0.15, 0.2) is 58.0 Å². The fourth-order valence-electron chi connectivity index (χ4n) is 1.92. The van der Waals surface area contributed by atoms with Gasteiger partial charge in [-0.25, -0.2) is 9.97 Å². The van der Waals surface area contributed by atoms with Crippen molar-refractivity contribution in [3.05, 3.63) is 65.7 Å². The maximum atomic E-state index is 5.75. The number of hydrogen-bond donors (Lipinski definition) is 1. The highest BCUT2D eigenvalue weighted by molar-refractivity contribution is 6.30. The summed E-state index contributed by atoms with van der Waals surface area (Å²) in [6, 6.07) is 7.53. The normalized spacial score (nSPS) is 10.9. The van der Waals surface area contributed by atoms with E-state index in [-0.39, 0.29) is 5.92 Å². The van der Waals surface area contributed by atoms with Gasteiger partial charge in [-0.1, -0.05) is 11.6 Å². The fraction of sp³-hybridized carbons (Fsp3) is 0.143. The van der Waals surface area contributed by atoms with E-state index in [0.717, 1.165) is 11.5 Å². The molecule has 102 valence electrons. The molecular weight excluding hydrogens is 278 g/mol. The van der Waals surface area contributed by atoms with Gasteiger partial charge in [0.1, 0.15) is 11.5 Å². The summed E-state index contributed by atoms with van der Waals surface area (Å²) in [5.74, 6) is 2.11. The average molecular weight is 290 g/mol.